The summed E-state index contributed by atoms with van der Waals surface area (Å²) in [5.74, 6) is 0. The summed E-state index contributed by atoms with van der Waals surface area (Å²) in [4.78, 5) is 4.72. The van der Waals surface area contributed by atoms with Crippen LogP contribution in [-0.4, -0.2) is 22.2 Å². The van der Waals surface area contributed by atoms with E-state index in [4.69, 9.17) is 4.98 Å². The Morgan fingerprint density at radius 3 is 2.62 bits per heavy atom. The van der Waals surface area contributed by atoms with E-state index in [2.05, 4.69) is 41.9 Å². The lowest BCUT2D eigenvalue weighted by molar-refractivity contribution is 0.116. The maximum atomic E-state index is 9.52. The Morgan fingerprint density at radius 2 is 1.90 bits per heavy atom. The second-order valence-corrected chi connectivity index (χ2v) is 6.75. The van der Waals surface area contributed by atoms with Crippen LogP contribution in [0.4, 0.5) is 0 Å². The van der Waals surface area contributed by atoms with Crippen LogP contribution in [0.5, 0.6) is 0 Å². The molecule has 3 rings (SSSR count). The number of nitrogens with one attached hydrogen (secondary N) is 1. The van der Waals surface area contributed by atoms with Crippen molar-refractivity contribution in [2.24, 2.45) is 0 Å². The highest BCUT2D eigenvalue weighted by Gasteiger charge is 2.18. The van der Waals surface area contributed by atoms with Gasteiger partial charge in [0.25, 0.3) is 0 Å². The Kier molecular flexibility index (Phi) is 4.68. The van der Waals surface area contributed by atoms with Gasteiger partial charge >= 0.3 is 0 Å². The van der Waals surface area contributed by atoms with Crippen LogP contribution in [0.2, 0.25) is 0 Å². The third-order valence-corrected chi connectivity index (χ3v) is 5.06. The van der Waals surface area contributed by atoms with E-state index in [0.717, 1.165) is 42.9 Å². The Bertz CT molecular complexity index is 571. The van der Waals surface area contributed by atoms with Crippen LogP contribution in [0.15, 0.2) is 29.6 Å². The summed E-state index contributed by atoms with van der Waals surface area (Å²) in [6.07, 6.45) is 3.88. The largest absolute Gasteiger partial charge is 0.393 e. The Morgan fingerprint density at radius 1 is 1.19 bits per heavy atom. The molecule has 1 aliphatic rings. The van der Waals surface area contributed by atoms with Crippen LogP contribution < -0.4 is 5.32 Å². The van der Waals surface area contributed by atoms with Crippen molar-refractivity contribution in [1.29, 1.82) is 0 Å². The summed E-state index contributed by atoms with van der Waals surface area (Å²) in [5, 5.41) is 16.3. The molecule has 21 heavy (non-hydrogen) atoms. The third-order valence-electron chi connectivity index (χ3n) is 4.12. The summed E-state index contributed by atoms with van der Waals surface area (Å²) in [6, 6.07) is 9.05. The lowest BCUT2D eigenvalue weighted by Crippen LogP contribution is -2.34. The molecule has 0 bridgehead atoms. The van der Waals surface area contributed by atoms with Crippen molar-refractivity contribution in [3.05, 3.63) is 40.9 Å². The number of aliphatic hydroxyl groups excluding tert-OH is 1. The fourth-order valence-corrected chi connectivity index (χ4v) is 3.57. The van der Waals surface area contributed by atoms with E-state index in [1.807, 2.05) is 0 Å². The van der Waals surface area contributed by atoms with E-state index in [1.54, 1.807) is 11.3 Å². The molecule has 2 aromatic rings. The van der Waals surface area contributed by atoms with Gasteiger partial charge in [-0.3, -0.25) is 0 Å². The van der Waals surface area contributed by atoms with Gasteiger partial charge in [-0.2, -0.15) is 0 Å². The number of aromatic nitrogens is 1. The average molecular weight is 302 g/mol. The maximum Gasteiger partial charge on any atom is 0.123 e. The molecule has 1 heterocycles. The molecule has 1 saturated carbocycles. The highest BCUT2D eigenvalue weighted by molar-refractivity contribution is 7.13. The molecule has 112 valence electrons. The van der Waals surface area contributed by atoms with Crippen molar-refractivity contribution in [2.45, 2.75) is 51.3 Å². The Hall–Kier alpha value is -1.23. The summed E-state index contributed by atoms with van der Waals surface area (Å²) >= 11 is 1.70. The smallest absolute Gasteiger partial charge is 0.123 e. The normalized spacial score (nSPS) is 22.4. The first-order chi connectivity index (χ1) is 10.2. The van der Waals surface area contributed by atoms with Crippen LogP contribution in [0, 0.1) is 6.92 Å². The van der Waals surface area contributed by atoms with Gasteiger partial charge < -0.3 is 10.4 Å². The van der Waals surface area contributed by atoms with Crippen molar-refractivity contribution in [3.8, 4) is 10.6 Å². The van der Waals surface area contributed by atoms with E-state index in [0.29, 0.717) is 6.04 Å². The van der Waals surface area contributed by atoms with E-state index >= 15 is 0 Å². The third kappa shape index (κ3) is 3.90. The Balaban J connectivity index is 1.56. The molecule has 1 aromatic carbocycles. The van der Waals surface area contributed by atoms with Crippen LogP contribution in [0.3, 0.4) is 0 Å². The van der Waals surface area contributed by atoms with Crippen molar-refractivity contribution >= 4 is 11.3 Å². The predicted molar refractivity (Wildman–Crippen MR) is 87.4 cm³/mol. The molecule has 0 atom stereocenters. The van der Waals surface area contributed by atoms with Gasteiger partial charge in [0.15, 0.2) is 0 Å². The number of thiazole rings is 1. The van der Waals surface area contributed by atoms with Gasteiger partial charge in [0, 0.05) is 23.5 Å². The molecular weight excluding hydrogens is 280 g/mol. The number of hydrogen-bond donors (Lipinski definition) is 2. The fraction of sp³-hybridized carbons (Fsp3) is 0.471. The van der Waals surface area contributed by atoms with Gasteiger partial charge in [-0.25, -0.2) is 4.98 Å². The van der Waals surface area contributed by atoms with Gasteiger partial charge in [-0.15, -0.1) is 11.3 Å². The van der Waals surface area contributed by atoms with Crippen molar-refractivity contribution in [3.63, 3.8) is 0 Å². The number of benzene rings is 1. The van der Waals surface area contributed by atoms with E-state index in [9.17, 15) is 5.11 Å². The van der Waals surface area contributed by atoms with Crippen molar-refractivity contribution in [2.75, 3.05) is 0 Å². The molecule has 0 unspecified atom stereocenters. The van der Waals surface area contributed by atoms with Gasteiger partial charge in [0.2, 0.25) is 0 Å². The summed E-state index contributed by atoms with van der Waals surface area (Å²) in [5.41, 5.74) is 3.58. The lowest BCUT2D eigenvalue weighted by Gasteiger charge is -2.25. The highest BCUT2D eigenvalue weighted by atomic mass is 32.1. The first-order valence-electron chi connectivity index (χ1n) is 7.63. The molecule has 0 radical (unpaired) electrons. The monoisotopic (exact) mass is 302 g/mol. The van der Waals surface area contributed by atoms with E-state index in [-0.39, 0.29) is 6.10 Å². The molecule has 1 aliphatic carbocycles. The number of rotatable bonds is 4. The minimum Gasteiger partial charge on any atom is -0.393 e. The number of hydrogen-bond acceptors (Lipinski definition) is 4. The number of nitrogens with zero attached hydrogens (tertiary/aromatic N) is 1. The van der Waals surface area contributed by atoms with Crippen molar-refractivity contribution in [1.82, 2.24) is 10.3 Å². The van der Waals surface area contributed by atoms with Gasteiger partial charge in [-0.1, -0.05) is 29.8 Å². The van der Waals surface area contributed by atoms with E-state index in [1.165, 1.54) is 11.1 Å². The van der Waals surface area contributed by atoms with Gasteiger partial charge in [0.05, 0.1) is 11.8 Å². The quantitative estimate of drug-likeness (QED) is 0.908. The molecule has 1 fully saturated rings. The van der Waals surface area contributed by atoms with Crippen LogP contribution in [0.25, 0.3) is 10.6 Å². The topological polar surface area (TPSA) is 45.2 Å². The average Bonchev–Trinajstić information content (AvgIpc) is 2.96. The first-order valence-corrected chi connectivity index (χ1v) is 8.51. The zero-order valence-corrected chi connectivity index (χ0v) is 13.2. The van der Waals surface area contributed by atoms with Gasteiger partial charge in [0.1, 0.15) is 5.01 Å². The summed E-state index contributed by atoms with van der Waals surface area (Å²) in [7, 11) is 0. The molecule has 0 saturated heterocycles. The van der Waals surface area contributed by atoms with Crippen molar-refractivity contribution < 1.29 is 5.11 Å². The second-order valence-electron chi connectivity index (χ2n) is 5.90. The molecule has 3 nitrogen and oxygen atoms in total. The zero-order chi connectivity index (χ0) is 14.7. The molecule has 0 aliphatic heterocycles. The lowest BCUT2D eigenvalue weighted by atomic mass is 9.93. The van der Waals surface area contributed by atoms with Crippen LogP contribution in [-0.2, 0) is 6.54 Å². The summed E-state index contributed by atoms with van der Waals surface area (Å²) in [6.45, 7) is 2.92. The molecular formula is C17H22N2OS. The van der Waals surface area contributed by atoms with E-state index < -0.39 is 0 Å². The first kappa shape index (κ1) is 14.7. The molecule has 4 heteroatoms. The SMILES string of the molecule is Cc1ccc(-c2nc(CNC3CCC(O)CC3)cs2)cc1. The zero-order valence-electron chi connectivity index (χ0n) is 12.4. The fourth-order valence-electron chi connectivity index (χ4n) is 2.75. The van der Waals surface area contributed by atoms with Crippen LogP contribution >= 0.6 is 11.3 Å². The van der Waals surface area contributed by atoms with Crippen LogP contribution in [0.1, 0.15) is 36.9 Å². The molecule has 0 amide bonds. The molecule has 0 spiro atoms. The second kappa shape index (κ2) is 6.69. The minimum absolute atomic E-state index is 0.0875. The standard InChI is InChI=1S/C17H22N2OS/c1-12-2-4-13(5-3-12)17-19-15(11-21-17)10-18-14-6-8-16(20)9-7-14/h2-5,11,14,16,18,20H,6-10H2,1H3. The summed E-state index contributed by atoms with van der Waals surface area (Å²) < 4.78 is 0. The predicted octanol–water partition coefficient (Wildman–Crippen LogP) is 3.51. The maximum absolute atomic E-state index is 9.52. The van der Waals surface area contributed by atoms with Gasteiger partial charge in [-0.05, 0) is 32.6 Å². The molecule has 2 N–H and O–H groups in total. The Labute approximate surface area is 130 Å². The highest BCUT2D eigenvalue weighted by Crippen LogP contribution is 2.24. The molecule has 1 aromatic heterocycles. The number of aryl methyl sites for hydroxylation is 1. The number of aliphatic hydroxyl groups is 1. The minimum atomic E-state index is -0.0875.